The minimum Gasteiger partial charge on any atom is -0.493 e. The molecule has 6 nitrogen and oxygen atoms in total. The van der Waals surface area contributed by atoms with Crippen LogP contribution in [0.1, 0.15) is 5.56 Å². The number of aromatic nitrogens is 3. The average Bonchev–Trinajstić information content (AvgIpc) is 3.05. The highest BCUT2D eigenvalue weighted by atomic mass is 19.1. The van der Waals surface area contributed by atoms with Gasteiger partial charge in [-0.15, -0.1) is 0 Å². The van der Waals surface area contributed by atoms with Crippen molar-refractivity contribution >= 4 is 21.8 Å². The Morgan fingerprint density at radius 2 is 1.89 bits per heavy atom. The number of ether oxygens (including phenoxy) is 2. The van der Waals surface area contributed by atoms with Crippen LogP contribution in [0, 0.1) is 5.82 Å². The molecule has 0 spiro atoms. The zero-order valence-electron chi connectivity index (χ0n) is 14.8. The first-order chi connectivity index (χ1) is 13.1. The van der Waals surface area contributed by atoms with E-state index in [0.717, 1.165) is 22.2 Å². The number of hydrogen-bond donors (Lipinski definition) is 1. The van der Waals surface area contributed by atoms with E-state index in [2.05, 4.69) is 4.98 Å². The van der Waals surface area contributed by atoms with E-state index in [9.17, 15) is 9.18 Å². The standard InChI is InChI=1S/C20H16FN3O3/c1-26-16-8-13-15(9-17(16)27-2)23-19-18-11(5-6-24(19)20(13)25)12-7-10(21)3-4-14(12)22-18/h3-4,7-9,22H,5-6H2,1-2H3. The molecule has 0 saturated heterocycles. The minimum atomic E-state index is -0.282. The highest BCUT2D eigenvalue weighted by Gasteiger charge is 2.25. The summed E-state index contributed by atoms with van der Waals surface area (Å²) in [6, 6.07) is 8.01. The molecule has 0 bridgehead atoms. The Balaban J connectivity index is 1.84. The molecule has 0 atom stereocenters. The largest absolute Gasteiger partial charge is 0.493 e. The van der Waals surface area contributed by atoms with Crippen molar-refractivity contribution in [1.29, 1.82) is 0 Å². The maximum absolute atomic E-state index is 13.7. The number of aromatic amines is 1. The summed E-state index contributed by atoms with van der Waals surface area (Å²) in [6.07, 6.45) is 0.631. The van der Waals surface area contributed by atoms with Gasteiger partial charge in [0.05, 0.1) is 30.8 Å². The van der Waals surface area contributed by atoms with Gasteiger partial charge >= 0.3 is 0 Å². The predicted octanol–water partition coefficient (Wildman–Crippen LogP) is 3.26. The number of halogens is 1. The second kappa shape index (κ2) is 5.57. The Bertz CT molecular complexity index is 1290. The molecular formula is C20H16FN3O3. The third-order valence-electron chi connectivity index (χ3n) is 5.14. The molecule has 2 aromatic heterocycles. The summed E-state index contributed by atoms with van der Waals surface area (Å²) in [5.74, 6) is 1.27. The van der Waals surface area contributed by atoms with Crippen LogP contribution in [0.15, 0.2) is 35.1 Å². The minimum absolute atomic E-state index is 0.133. The molecule has 136 valence electrons. The molecule has 0 unspecified atom stereocenters. The summed E-state index contributed by atoms with van der Waals surface area (Å²) in [4.78, 5) is 21.1. The molecule has 5 rings (SSSR count). The predicted molar refractivity (Wildman–Crippen MR) is 100 cm³/mol. The second-order valence-corrected chi connectivity index (χ2v) is 6.54. The fraction of sp³-hybridized carbons (Fsp3) is 0.200. The third kappa shape index (κ3) is 2.17. The Morgan fingerprint density at radius 3 is 2.67 bits per heavy atom. The molecule has 1 N–H and O–H groups in total. The second-order valence-electron chi connectivity index (χ2n) is 6.54. The van der Waals surface area contributed by atoms with Crippen molar-refractivity contribution < 1.29 is 13.9 Å². The van der Waals surface area contributed by atoms with Crippen molar-refractivity contribution in [3.05, 3.63) is 52.1 Å². The molecule has 1 aliphatic rings. The molecule has 3 heterocycles. The number of benzene rings is 2. The van der Waals surface area contributed by atoms with Gasteiger partial charge < -0.3 is 14.5 Å². The summed E-state index contributed by atoms with van der Waals surface area (Å²) in [5.41, 5.74) is 2.97. The van der Waals surface area contributed by atoms with Crippen LogP contribution in [0.4, 0.5) is 4.39 Å². The van der Waals surface area contributed by atoms with Crippen molar-refractivity contribution in [1.82, 2.24) is 14.5 Å². The number of H-pyrrole nitrogens is 1. The lowest BCUT2D eigenvalue weighted by Crippen LogP contribution is -2.27. The highest BCUT2D eigenvalue weighted by Crippen LogP contribution is 2.35. The van der Waals surface area contributed by atoms with Crippen LogP contribution in [0.2, 0.25) is 0 Å². The fourth-order valence-electron chi connectivity index (χ4n) is 3.84. The number of nitrogens with zero attached hydrogens (tertiary/aromatic N) is 2. The fourth-order valence-corrected chi connectivity index (χ4v) is 3.84. The van der Waals surface area contributed by atoms with Gasteiger partial charge in [0.1, 0.15) is 5.82 Å². The van der Waals surface area contributed by atoms with Gasteiger partial charge in [0.15, 0.2) is 17.3 Å². The van der Waals surface area contributed by atoms with E-state index in [1.54, 1.807) is 29.9 Å². The van der Waals surface area contributed by atoms with E-state index in [4.69, 9.17) is 14.5 Å². The van der Waals surface area contributed by atoms with E-state index in [1.165, 1.54) is 19.2 Å². The van der Waals surface area contributed by atoms with Crippen molar-refractivity contribution in [2.75, 3.05) is 14.2 Å². The molecule has 27 heavy (non-hydrogen) atoms. The summed E-state index contributed by atoms with van der Waals surface area (Å²) in [6.45, 7) is 0.488. The highest BCUT2D eigenvalue weighted by molar-refractivity contribution is 5.91. The van der Waals surface area contributed by atoms with Crippen molar-refractivity contribution in [3.8, 4) is 23.0 Å². The number of hydrogen-bond acceptors (Lipinski definition) is 4. The van der Waals surface area contributed by atoms with Gasteiger partial charge in [-0.3, -0.25) is 9.36 Å². The van der Waals surface area contributed by atoms with Crippen LogP contribution < -0.4 is 15.0 Å². The summed E-state index contributed by atoms with van der Waals surface area (Å²) < 4.78 is 26.0. The van der Waals surface area contributed by atoms with E-state index in [-0.39, 0.29) is 11.4 Å². The Morgan fingerprint density at radius 1 is 1.11 bits per heavy atom. The Kier molecular flexibility index (Phi) is 3.28. The first-order valence-electron chi connectivity index (χ1n) is 8.57. The van der Waals surface area contributed by atoms with Gasteiger partial charge in [-0.1, -0.05) is 0 Å². The number of fused-ring (bicyclic) bond motifs is 6. The topological polar surface area (TPSA) is 69.1 Å². The van der Waals surface area contributed by atoms with Gasteiger partial charge in [-0.2, -0.15) is 0 Å². The SMILES string of the molecule is COc1cc2nc3n(c(=O)c2cc1OC)CCc1c-3[nH]c2ccc(F)cc12. The molecule has 0 radical (unpaired) electrons. The van der Waals surface area contributed by atoms with Crippen LogP contribution in [-0.2, 0) is 13.0 Å². The lowest BCUT2D eigenvalue weighted by Gasteiger charge is -2.19. The summed E-state index contributed by atoms with van der Waals surface area (Å²) >= 11 is 0. The molecule has 0 amide bonds. The average molecular weight is 365 g/mol. The monoisotopic (exact) mass is 365 g/mol. The molecule has 2 aromatic carbocycles. The zero-order chi connectivity index (χ0) is 18.7. The van der Waals surface area contributed by atoms with Crippen molar-refractivity contribution in [2.45, 2.75) is 13.0 Å². The number of nitrogens with one attached hydrogen (secondary N) is 1. The summed E-state index contributed by atoms with van der Waals surface area (Å²) in [5, 5.41) is 1.31. The van der Waals surface area contributed by atoms with Crippen LogP contribution in [0.3, 0.4) is 0 Å². The van der Waals surface area contributed by atoms with Crippen molar-refractivity contribution in [3.63, 3.8) is 0 Å². The molecular weight excluding hydrogens is 349 g/mol. The maximum atomic E-state index is 13.7. The quantitative estimate of drug-likeness (QED) is 0.592. The van der Waals surface area contributed by atoms with E-state index >= 15 is 0 Å². The van der Waals surface area contributed by atoms with Crippen molar-refractivity contribution in [2.24, 2.45) is 0 Å². The molecule has 0 fully saturated rings. The van der Waals surface area contributed by atoms with Gasteiger partial charge in [-0.05, 0) is 36.2 Å². The normalized spacial score (nSPS) is 12.9. The number of aryl methyl sites for hydroxylation is 1. The van der Waals surface area contributed by atoms with Crippen LogP contribution in [0.5, 0.6) is 11.5 Å². The van der Waals surface area contributed by atoms with E-state index < -0.39 is 0 Å². The van der Waals surface area contributed by atoms with E-state index in [0.29, 0.717) is 41.2 Å². The van der Waals surface area contributed by atoms with Gasteiger partial charge in [-0.25, -0.2) is 9.37 Å². The Hall–Kier alpha value is -3.35. The number of rotatable bonds is 2. The molecule has 7 heteroatoms. The molecule has 0 aliphatic carbocycles. The lowest BCUT2D eigenvalue weighted by molar-refractivity contribution is 0.355. The van der Waals surface area contributed by atoms with Crippen LogP contribution in [-0.4, -0.2) is 28.8 Å². The third-order valence-corrected chi connectivity index (χ3v) is 5.14. The van der Waals surface area contributed by atoms with Crippen LogP contribution >= 0.6 is 0 Å². The summed E-state index contributed by atoms with van der Waals surface area (Å²) in [7, 11) is 3.07. The van der Waals surface area contributed by atoms with Crippen LogP contribution in [0.25, 0.3) is 33.3 Å². The molecule has 4 aromatic rings. The van der Waals surface area contributed by atoms with Gasteiger partial charge in [0, 0.05) is 23.5 Å². The van der Waals surface area contributed by atoms with E-state index in [1.807, 2.05) is 0 Å². The molecule has 0 saturated carbocycles. The molecule has 1 aliphatic heterocycles. The number of methoxy groups -OCH3 is 2. The maximum Gasteiger partial charge on any atom is 0.261 e. The lowest BCUT2D eigenvalue weighted by atomic mass is 10.0. The first-order valence-corrected chi connectivity index (χ1v) is 8.57. The Labute approximate surface area is 153 Å². The first kappa shape index (κ1) is 15.9. The van der Waals surface area contributed by atoms with Gasteiger partial charge in [0.25, 0.3) is 5.56 Å². The van der Waals surface area contributed by atoms with Gasteiger partial charge in [0.2, 0.25) is 0 Å². The smallest absolute Gasteiger partial charge is 0.261 e. The zero-order valence-corrected chi connectivity index (χ0v) is 14.8.